The molecule has 4 heteroatoms. The maximum absolute atomic E-state index is 11.8. The summed E-state index contributed by atoms with van der Waals surface area (Å²) in [5.41, 5.74) is 4.07. The van der Waals surface area contributed by atoms with Gasteiger partial charge in [-0.1, -0.05) is 0 Å². The molecule has 0 N–H and O–H groups in total. The smallest absolute Gasteiger partial charge is 0.360 e. The van der Waals surface area contributed by atoms with E-state index in [1.807, 2.05) is 26.8 Å². The highest BCUT2D eigenvalue weighted by Gasteiger charge is 2.39. The average molecular weight is 216 g/mol. The van der Waals surface area contributed by atoms with E-state index in [-0.39, 0.29) is 5.97 Å². The summed E-state index contributed by atoms with van der Waals surface area (Å²) in [5, 5.41) is 7.94. The van der Waals surface area contributed by atoms with Crippen molar-refractivity contribution in [2.24, 2.45) is 10.2 Å². The average Bonchev–Trinajstić information content (AvgIpc) is 2.64. The number of hydrogen-bond donors (Lipinski definition) is 0. The molecule has 0 bridgehead atoms. The molecule has 1 aliphatic heterocycles. The zero-order chi connectivity index (χ0) is 11.5. The molecule has 3 aliphatic rings. The minimum Gasteiger partial charge on any atom is -0.455 e. The second-order valence-electron chi connectivity index (χ2n) is 5.14. The van der Waals surface area contributed by atoms with Crippen molar-refractivity contribution in [3.8, 4) is 0 Å². The lowest BCUT2D eigenvalue weighted by molar-refractivity contribution is -0.149. The van der Waals surface area contributed by atoms with Crippen LogP contribution in [0.4, 0.5) is 0 Å². The minimum atomic E-state index is -0.495. The van der Waals surface area contributed by atoms with Crippen LogP contribution in [0.15, 0.2) is 44.4 Å². The summed E-state index contributed by atoms with van der Waals surface area (Å²) in [6.07, 6.45) is 2.99. The van der Waals surface area contributed by atoms with Crippen LogP contribution < -0.4 is 0 Å². The fourth-order valence-electron chi connectivity index (χ4n) is 1.85. The van der Waals surface area contributed by atoms with Crippen LogP contribution in [0, 0.1) is 0 Å². The molecule has 0 spiro atoms. The van der Waals surface area contributed by atoms with Crippen molar-refractivity contribution in [1.82, 2.24) is 0 Å². The monoisotopic (exact) mass is 216 g/mol. The highest BCUT2D eigenvalue weighted by atomic mass is 16.6. The lowest BCUT2D eigenvalue weighted by Gasteiger charge is -2.18. The summed E-state index contributed by atoms with van der Waals surface area (Å²) in [6.45, 7) is 5.52. The Labute approximate surface area is 93.4 Å². The van der Waals surface area contributed by atoms with Gasteiger partial charge in [0.1, 0.15) is 5.60 Å². The van der Waals surface area contributed by atoms with Crippen LogP contribution in [-0.4, -0.2) is 11.6 Å². The molecule has 4 nitrogen and oxygen atoms in total. The van der Waals surface area contributed by atoms with Gasteiger partial charge in [-0.3, -0.25) is 0 Å². The van der Waals surface area contributed by atoms with Gasteiger partial charge in [-0.2, -0.15) is 0 Å². The molecule has 0 saturated heterocycles. The molecule has 82 valence electrons. The molecule has 0 radical (unpaired) electrons. The SMILES string of the molecule is CC(C)(C)OC(=O)C1=C2C=C3CC3=C2N=N1. The standard InChI is InChI=1S/C12H12N2O2/c1-12(2,3)16-11(15)10-8-5-6-4-7(6)9(8)13-14-10/h5H,4H2,1-3H3. The van der Waals surface area contributed by atoms with Crippen LogP contribution in [0.5, 0.6) is 0 Å². The van der Waals surface area contributed by atoms with Crippen molar-refractivity contribution < 1.29 is 9.53 Å². The Hall–Kier alpha value is -1.71. The first-order valence-corrected chi connectivity index (χ1v) is 5.29. The summed E-state index contributed by atoms with van der Waals surface area (Å²) in [5.74, 6) is -0.389. The fraction of sp³-hybridized carbons (Fsp3) is 0.417. The van der Waals surface area contributed by atoms with Crippen LogP contribution in [0.3, 0.4) is 0 Å². The Kier molecular flexibility index (Phi) is 1.60. The first-order chi connectivity index (χ1) is 7.46. The topological polar surface area (TPSA) is 51.0 Å². The van der Waals surface area contributed by atoms with E-state index in [2.05, 4.69) is 10.2 Å². The Morgan fingerprint density at radius 2 is 2.12 bits per heavy atom. The summed E-state index contributed by atoms with van der Waals surface area (Å²) in [4.78, 5) is 11.8. The van der Waals surface area contributed by atoms with Crippen LogP contribution in [0.1, 0.15) is 27.2 Å². The largest absolute Gasteiger partial charge is 0.455 e. The molecular weight excluding hydrogens is 204 g/mol. The molecule has 0 atom stereocenters. The highest BCUT2D eigenvalue weighted by molar-refractivity contribution is 5.93. The molecule has 1 fully saturated rings. The minimum absolute atomic E-state index is 0.345. The van der Waals surface area contributed by atoms with Gasteiger partial charge in [0.15, 0.2) is 5.70 Å². The van der Waals surface area contributed by atoms with E-state index in [0.717, 1.165) is 17.7 Å². The van der Waals surface area contributed by atoms with E-state index in [0.29, 0.717) is 5.70 Å². The summed E-state index contributed by atoms with van der Waals surface area (Å²) in [7, 11) is 0. The molecule has 0 amide bonds. The van der Waals surface area contributed by atoms with Gasteiger partial charge in [0.25, 0.3) is 0 Å². The van der Waals surface area contributed by atoms with Crippen LogP contribution in [0.25, 0.3) is 0 Å². The number of fused-ring (bicyclic) bond motifs is 2. The van der Waals surface area contributed by atoms with Gasteiger partial charge < -0.3 is 4.74 Å². The van der Waals surface area contributed by atoms with E-state index in [4.69, 9.17) is 4.74 Å². The fourth-order valence-corrected chi connectivity index (χ4v) is 1.85. The van der Waals surface area contributed by atoms with Crippen molar-refractivity contribution in [2.75, 3.05) is 0 Å². The molecule has 0 unspecified atom stereocenters. The zero-order valence-corrected chi connectivity index (χ0v) is 9.50. The predicted octanol–water partition coefficient (Wildman–Crippen LogP) is 2.65. The molecular formula is C12H12N2O2. The number of allylic oxidation sites excluding steroid dienone is 3. The first kappa shape index (κ1) is 9.51. The Morgan fingerprint density at radius 1 is 1.38 bits per heavy atom. The second-order valence-corrected chi connectivity index (χ2v) is 5.14. The lowest BCUT2D eigenvalue weighted by Crippen LogP contribution is -2.24. The quantitative estimate of drug-likeness (QED) is 0.632. The van der Waals surface area contributed by atoms with Crippen LogP contribution in [0.2, 0.25) is 0 Å². The van der Waals surface area contributed by atoms with E-state index < -0.39 is 5.60 Å². The second kappa shape index (κ2) is 2.70. The van der Waals surface area contributed by atoms with Gasteiger partial charge in [-0.05, 0) is 38.0 Å². The van der Waals surface area contributed by atoms with Gasteiger partial charge in [-0.15, -0.1) is 10.2 Å². The molecule has 0 aromatic rings. The number of carbonyl (C=O) groups excluding carboxylic acids is 1. The molecule has 16 heavy (non-hydrogen) atoms. The summed E-state index contributed by atoms with van der Waals surface area (Å²) >= 11 is 0. The van der Waals surface area contributed by atoms with Crippen molar-refractivity contribution in [3.05, 3.63) is 34.2 Å². The number of esters is 1. The van der Waals surface area contributed by atoms with Crippen molar-refractivity contribution in [3.63, 3.8) is 0 Å². The molecule has 0 aromatic heterocycles. The third-order valence-corrected chi connectivity index (χ3v) is 2.59. The van der Waals surface area contributed by atoms with E-state index >= 15 is 0 Å². The number of azo groups is 1. The van der Waals surface area contributed by atoms with Gasteiger partial charge in [0.05, 0.1) is 5.70 Å². The van der Waals surface area contributed by atoms with Crippen LogP contribution in [-0.2, 0) is 9.53 Å². The van der Waals surface area contributed by atoms with Gasteiger partial charge >= 0.3 is 5.97 Å². The van der Waals surface area contributed by atoms with Crippen molar-refractivity contribution >= 4 is 5.97 Å². The first-order valence-electron chi connectivity index (χ1n) is 5.29. The predicted molar refractivity (Wildman–Crippen MR) is 57.5 cm³/mol. The van der Waals surface area contributed by atoms with Crippen LogP contribution >= 0.6 is 0 Å². The Balaban J connectivity index is 1.91. The normalized spacial score (nSPS) is 21.1. The van der Waals surface area contributed by atoms with Gasteiger partial charge in [-0.25, -0.2) is 4.79 Å². The Bertz CT molecular complexity index is 528. The Morgan fingerprint density at radius 3 is 2.81 bits per heavy atom. The summed E-state index contributed by atoms with van der Waals surface area (Å²) in [6, 6.07) is 0. The van der Waals surface area contributed by atoms with Crippen molar-refractivity contribution in [2.45, 2.75) is 32.8 Å². The maximum Gasteiger partial charge on any atom is 0.360 e. The zero-order valence-electron chi connectivity index (χ0n) is 9.50. The summed E-state index contributed by atoms with van der Waals surface area (Å²) < 4.78 is 5.28. The number of ether oxygens (including phenoxy) is 1. The van der Waals surface area contributed by atoms with E-state index in [1.54, 1.807) is 0 Å². The van der Waals surface area contributed by atoms with E-state index in [1.165, 1.54) is 11.1 Å². The van der Waals surface area contributed by atoms with E-state index in [9.17, 15) is 4.79 Å². The lowest BCUT2D eigenvalue weighted by atomic mass is 10.1. The van der Waals surface area contributed by atoms with Gasteiger partial charge in [0, 0.05) is 12.0 Å². The molecule has 2 aliphatic carbocycles. The molecule has 1 heterocycles. The third kappa shape index (κ3) is 1.33. The molecule has 0 aromatic carbocycles. The number of carbonyl (C=O) groups is 1. The van der Waals surface area contributed by atoms with Gasteiger partial charge in [0.2, 0.25) is 0 Å². The van der Waals surface area contributed by atoms with Crippen molar-refractivity contribution in [1.29, 1.82) is 0 Å². The maximum atomic E-state index is 11.8. The third-order valence-electron chi connectivity index (χ3n) is 2.59. The molecule has 3 rings (SSSR count). The number of hydrogen-bond acceptors (Lipinski definition) is 4. The number of nitrogens with zero attached hydrogens (tertiary/aromatic N) is 2. The molecule has 1 saturated carbocycles. The highest BCUT2D eigenvalue weighted by Crippen LogP contribution is 2.51. The number of rotatable bonds is 1.